The molecule has 0 spiro atoms. The monoisotopic (exact) mass is 825 g/mol. The van der Waals surface area contributed by atoms with Crippen LogP contribution in [0.3, 0.4) is 0 Å². The van der Waals surface area contributed by atoms with E-state index in [9.17, 15) is 0 Å². The summed E-state index contributed by atoms with van der Waals surface area (Å²) >= 11 is 3.66. The van der Waals surface area contributed by atoms with Gasteiger partial charge in [0.1, 0.15) is 0 Å². The van der Waals surface area contributed by atoms with Crippen molar-refractivity contribution >= 4 is 63.0 Å². The lowest BCUT2D eigenvalue weighted by Gasteiger charge is -2.34. The van der Waals surface area contributed by atoms with Crippen molar-refractivity contribution in [3.63, 3.8) is 0 Å². The van der Waals surface area contributed by atoms with Gasteiger partial charge >= 0.3 is 0 Å². The van der Waals surface area contributed by atoms with Gasteiger partial charge in [-0.1, -0.05) is 164 Å². The summed E-state index contributed by atoms with van der Waals surface area (Å²) in [4.78, 5) is 15.8. The number of thiophene rings is 2. The molecule has 0 amide bonds. The number of aromatic nitrogens is 3. The highest BCUT2D eigenvalue weighted by atomic mass is 32.1. The molecule has 13 rings (SSSR count). The molecule has 0 saturated carbocycles. The summed E-state index contributed by atoms with van der Waals surface area (Å²) in [6.07, 6.45) is 9.13. The van der Waals surface area contributed by atoms with E-state index in [2.05, 4.69) is 182 Å². The first-order valence-corrected chi connectivity index (χ1v) is 22.7. The molecule has 0 fully saturated rings. The summed E-state index contributed by atoms with van der Waals surface area (Å²) in [5, 5.41) is 4.90. The highest BCUT2D eigenvalue weighted by Gasteiger charge is 2.32. The molecule has 3 heterocycles. The van der Waals surface area contributed by atoms with Crippen LogP contribution in [0.25, 0.3) is 108 Å². The molecule has 2 atom stereocenters. The molecule has 290 valence electrons. The summed E-state index contributed by atoms with van der Waals surface area (Å²) in [5.74, 6) is 2.69. The Kier molecular flexibility index (Phi) is 8.08. The second kappa shape index (κ2) is 14.1. The minimum atomic E-state index is 0.346. The molecule has 0 N–H and O–H groups in total. The summed E-state index contributed by atoms with van der Waals surface area (Å²) in [5.41, 5.74) is 13.1. The van der Waals surface area contributed by atoms with Crippen molar-refractivity contribution in [3.8, 4) is 67.5 Å². The van der Waals surface area contributed by atoms with Crippen LogP contribution in [-0.2, 0) is 0 Å². The summed E-state index contributed by atoms with van der Waals surface area (Å²) in [6, 6.07) is 63.7. The van der Waals surface area contributed by atoms with Crippen molar-refractivity contribution in [2.24, 2.45) is 0 Å². The zero-order valence-electron chi connectivity index (χ0n) is 33.4. The molecule has 11 aromatic rings. The van der Waals surface area contributed by atoms with E-state index >= 15 is 0 Å². The predicted molar refractivity (Wildman–Crippen MR) is 262 cm³/mol. The first-order chi connectivity index (χ1) is 30.7. The van der Waals surface area contributed by atoms with E-state index in [1.807, 2.05) is 29.5 Å². The van der Waals surface area contributed by atoms with Crippen molar-refractivity contribution in [2.45, 2.75) is 11.8 Å². The van der Waals surface area contributed by atoms with E-state index in [4.69, 9.17) is 15.0 Å². The minimum absolute atomic E-state index is 0.346. The molecule has 0 bridgehead atoms. The highest BCUT2D eigenvalue weighted by molar-refractivity contribution is 7.26. The largest absolute Gasteiger partial charge is 0.208 e. The van der Waals surface area contributed by atoms with E-state index < -0.39 is 0 Å². The van der Waals surface area contributed by atoms with Crippen LogP contribution in [0.2, 0.25) is 0 Å². The Morgan fingerprint density at radius 1 is 0.323 bits per heavy atom. The SMILES string of the molecule is C1=CC2c3ccccc3-c3cc(-c4ccc5sc6cccc(-c7ccccc7-c7nc(-c8ccccc8)nc(-c8cccc9sc%10ccccc%10c89)n7)c6c5c4)ccc3C2C=C1. The Bertz CT molecular complexity index is 3670. The van der Waals surface area contributed by atoms with Crippen LogP contribution in [0, 0.1) is 0 Å². The molecule has 0 aliphatic heterocycles. The molecule has 3 aromatic heterocycles. The van der Waals surface area contributed by atoms with Gasteiger partial charge in [0, 0.05) is 68.9 Å². The van der Waals surface area contributed by atoms with Crippen LogP contribution >= 0.6 is 22.7 Å². The van der Waals surface area contributed by atoms with E-state index in [1.165, 1.54) is 79.3 Å². The Morgan fingerprint density at radius 2 is 0.871 bits per heavy atom. The van der Waals surface area contributed by atoms with Crippen molar-refractivity contribution < 1.29 is 0 Å². The number of hydrogen-bond donors (Lipinski definition) is 0. The number of hydrogen-bond acceptors (Lipinski definition) is 5. The summed E-state index contributed by atoms with van der Waals surface area (Å²) in [7, 11) is 0. The first-order valence-electron chi connectivity index (χ1n) is 21.1. The third-order valence-electron chi connectivity index (χ3n) is 12.8. The molecule has 0 radical (unpaired) electrons. The molecule has 2 aliphatic rings. The lowest BCUT2D eigenvalue weighted by atomic mass is 9.69. The summed E-state index contributed by atoms with van der Waals surface area (Å²) in [6.45, 7) is 0. The molecule has 3 nitrogen and oxygen atoms in total. The molecular weight excluding hydrogens is 791 g/mol. The second-order valence-electron chi connectivity index (χ2n) is 16.2. The fourth-order valence-electron chi connectivity index (χ4n) is 9.93. The van der Waals surface area contributed by atoms with Gasteiger partial charge in [0.15, 0.2) is 17.5 Å². The Morgan fingerprint density at radius 3 is 1.68 bits per heavy atom. The number of benzene rings is 8. The number of nitrogens with zero attached hydrogens (tertiary/aromatic N) is 3. The fourth-order valence-corrected chi connectivity index (χ4v) is 12.2. The van der Waals surface area contributed by atoms with Gasteiger partial charge in [0.05, 0.1) is 0 Å². The van der Waals surface area contributed by atoms with Gasteiger partial charge in [0.2, 0.25) is 0 Å². The van der Waals surface area contributed by atoms with Crippen LogP contribution in [-0.4, -0.2) is 15.0 Å². The standard InChI is InChI=1S/C57H35N3S2/c1-2-14-34(15-3-1)55-58-56(60-57(59-55)46-24-13-27-52-54(46)45-22-10-11-25-49(45)61-52)44-21-9-8-20-41(44)43-23-12-26-51-53(43)48-33-36(29-31-50(48)62-51)35-28-30-42-39-18-5-4-16-37(39)38-17-6-7-19-40(38)47(42)32-35/h1-33,37,39H. The van der Waals surface area contributed by atoms with Crippen molar-refractivity contribution in [1.29, 1.82) is 0 Å². The van der Waals surface area contributed by atoms with Crippen LogP contribution in [0.15, 0.2) is 200 Å². The van der Waals surface area contributed by atoms with Gasteiger partial charge in [-0.25, -0.2) is 15.0 Å². The van der Waals surface area contributed by atoms with E-state index in [0.29, 0.717) is 29.3 Å². The lowest BCUT2D eigenvalue weighted by Crippen LogP contribution is -2.16. The Hall–Kier alpha value is -7.31. The van der Waals surface area contributed by atoms with Gasteiger partial charge < -0.3 is 0 Å². The average Bonchev–Trinajstić information content (AvgIpc) is 3.92. The zero-order valence-corrected chi connectivity index (χ0v) is 35.0. The molecule has 2 unspecified atom stereocenters. The normalized spacial score (nSPS) is 15.3. The Labute approximate surface area is 366 Å². The first kappa shape index (κ1) is 35.4. The van der Waals surface area contributed by atoms with Gasteiger partial charge in [-0.3, -0.25) is 0 Å². The smallest absolute Gasteiger partial charge is 0.164 e. The van der Waals surface area contributed by atoms with E-state index in [0.717, 1.165) is 22.3 Å². The van der Waals surface area contributed by atoms with E-state index in [-0.39, 0.29) is 0 Å². The lowest BCUT2D eigenvalue weighted by molar-refractivity contribution is 0.720. The predicted octanol–water partition coefficient (Wildman–Crippen LogP) is 15.9. The van der Waals surface area contributed by atoms with Crippen LogP contribution in [0.1, 0.15) is 23.0 Å². The van der Waals surface area contributed by atoms with Crippen molar-refractivity contribution in [2.75, 3.05) is 0 Å². The number of allylic oxidation sites excluding steroid dienone is 4. The maximum atomic E-state index is 5.36. The molecule has 0 saturated heterocycles. The van der Waals surface area contributed by atoms with Crippen LogP contribution < -0.4 is 0 Å². The Balaban J connectivity index is 0.981. The zero-order chi connectivity index (χ0) is 40.7. The number of fused-ring (bicyclic) bond motifs is 12. The number of rotatable bonds is 5. The summed E-state index contributed by atoms with van der Waals surface area (Å²) < 4.78 is 4.99. The molecule has 2 aliphatic carbocycles. The van der Waals surface area contributed by atoms with Crippen LogP contribution in [0.5, 0.6) is 0 Å². The second-order valence-corrected chi connectivity index (χ2v) is 18.4. The average molecular weight is 826 g/mol. The fraction of sp³-hybridized carbons (Fsp3) is 0.0351. The van der Waals surface area contributed by atoms with Crippen LogP contribution in [0.4, 0.5) is 0 Å². The topological polar surface area (TPSA) is 38.7 Å². The quantitative estimate of drug-likeness (QED) is 0.173. The van der Waals surface area contributed by atoms with E-state index in [1.54, 1.807) is 11.3 Å². The molecule has 62 heavy (non-hydrogen) atoms. The van der Waals surface area contributed by atoms with Crippen molar-refractivity contribution in [1.82, 2.24) is 15.0 Å². The third-order valence-corrected chi connectivity index (χ3v) is 15.0. The van der Waals surface area contributed by atoms with Gasteiger partial charge in [-0.15, -0.1) is 22.7 Å². The molecule has 5 heteroatoms. The van der Waals surface area contributed by atoms with Crippen molar-refractivity contribution in [3.05, 3.63) is 211 Å². The van der Waals surface area contributed by atoms with Gasteiger partial charge in [0.25, 0.3) is 0 Å². The maximum absolute atomic E-state index is 5.36. The van der Waals surface area contributed by atoms with Gasteiger partial charge in [-0.2, -0.15) is 0 Å². The maximum Gasteiger partial charge on any atom is 0.164 e. The minimum Gasteiger partial charge on any atom is -0.208 e. The third kappa shape index (κ3) is 5.59. The van der Waals surface area contributed by atoms with Gasteiger partial charge in [-0.05, 0) is 80.9 Å². The molecular formula is C57H35N3S2. The molecule has 8 aromatic carbocycles. The highest BCUT2D eigenvalue weighted by Crippen LogP contribution is 2.51.